The maximum atomic E-state index is 13.2. The molecule has 1 N–H and O–H groups in total. The SMILES string of the molecule is CCOC(=O)C1CCN(C(=O)CCN(CCc2ccccc2)C(=O)Nc2ccccc2OC)CC1. The standard InChI is InChI=1S/C27H35N3O5/c1-3-35-26(32)22-14-18-29(19-15-22)25(31)16-20-30(17-13-21-9-5-4-6-10-21)27(33)28-23-11-7-8-12-24(23)34-2/h4-12,22H,3,13-20H2,1-2H3,(H,28,33). The number of esters is 1. The van der Waals surface area contributed by atoms with Gasteiger partial charge in [0.15, 0.2) is 0 Å². The van der Waals surface area contributed by atoms with Crippen LogP contribution in [-0.2, 0) is 20.7 Å². The van der Waals surface area contributed by atoms with Gasteiger partial charge in [0.25, 0.3) is 0 Å². The lowest BCUT2D eigenvalue weighted by Gasteiger charge is -2.31. The summed E-state index contributed by atoms with van der Waals surface area (Å²) in [5, 5.41) is 2.92. The maximum Gasteiger partial charge on any atom is 0.321 e. The lowest BCUT2D eigenvalue weighted by molar-refractivity contribution is -0.151. The van der Waals surface area contributed by atoms with Gasteiger partial charge >= 0.3 is 12.0 Å². The Morgan fingerprint density at radius 3 is 2.37 bits per heavy atom. The summed E-state index contributed by atoms with van der Waals surface area (Å²) in [5.74, 6) is 0.235. The van der Waals surface area contributed by atoms with E-state index < -0.39 is 0 Å². The molecule has 2 aromatic carbocycles. The monoisotopic (exact) mass is 481 g/mol. The Morgan fingerprint density at radius 2 is 1.69 bits per heavy atom. The number of hydrogen-bond donors (Lipinski definition) is 1. The van der Waals surface area contributed by atoms with Crippen LogP contribution in [-0.4, -0.2) is 67.6 Å². The average molecular weight is 482 g/mol. The number of methoxy groups -OCH3 is 1. The minimum Gasteiger partial charge on any atom is -0.495 e. The van der Waals surface area contributed by atoms with Crippen LogP contribution < -0.4 is 10.1 Å². The number of carbonyl (C=O) groups excluding carboxylic acids is 3. The highest BCUT2D eigenvalue weighted by Crippen LogP contribution is 2.24. The highest BCUT2D eigenvalue weighted by molar-refractivity contribution is 5.91. The summed E-state index contributed by atoms with van der Waals surface area (Å²) in [6.07, 6.45) is 2.12. The number of anilines is 1. The van der Waals surface area contributed by atoms with Crippen molar-refractivity contribution in [3.05, 3.63) is 60.2 Å². The molecule has 0 aliphatic carbocycles. The molecule has 1 heterocycles. The zero-order chi connectivity index (χ0) is 25.0. The predicted molar refractivity (Wildman–Crippen MR) is 134 cm³/mol. The molecule has 35 heavy (non-hydrogen) atoms. The van der Waals surface area contributed by atoms with Crippen molar-refractivity contribution in [2.24, 2.45) is 5.92 Å². The van der Waals surface area contributed by atoms with E-state index in [4.69, 9.17) is 9.47 Å². The second-order valence-electron chi connectivity index (χ2n) is 8.51. The lowest BCUT2D eigenvalue weighted by Crippen LogP contribution is -2.43. The van der Waals surface area contributed by atoms with Crippen molar-refractivity contribution in [3.63, 3.8) is 0 Å². The molecule has 8 nitrogen and oxygen atoms in total. The summed E-state index contributed by atoms with van der Waals surface area (Å²) in [6.45, 7) is 3.99. The normalized spacial score (nSPS) is 13.7. The largest absolute Gasteiger partial charge is 0.495 e. The van der Waals surface area contributed by atoms with Crippen molar-refractivity contribution in [3.8, 4) is 5.75 Å². The highest BCUT2D eigenvalue weighted by Gasteiger charge is 2.28. The van der Waals surface area contributed by atoms with Gasteiger partial charge in [0.05, 0.1) is 25.3 Å². The number of carbonyl (C=O) groups is 3. The fourth-order valence-corrected chi connectivity index (χ4v) is 4.18. The Morgan fingerprint density at radius 1 is 1.00 bits per heavy atom. The molecule has 0 saturated carbocycles. The number of para-hydroxylation sites is 2. The third-order valence-electron chi connectivity index (χ3n) is 6.21. The summed E-state index contributed by atoms with van der Waals surface area (Å²) in [4.78, 5) is 41.5. The van der Waals surface area contributed by atoms with Crippen LogP contribution in [0.3, 0.4) is 0 Å². The van der Waals surface area contributed by atoms with E-state index in [0.29, 0.717) is 63.5 Å². The van der Waals surface area contributed by atoms with Gasteiger partial charge in [0, 0.05) is 32.6 Å². The summed E-state index contributed by atoms with van der Waals surface area (Å²) < 4.78 is 10.5. The molecule has 0 radical (unpaired) electrons. The van der Waals surface area contributed by atoms with Crippen LogP contribution in [0.25, 0.3) is 0 Å². The van der Waals surface area contributed by atoms with Crippen LogP contribution in [0.5, 0.6) is 5.75 Å². The first-order valence-electron chi connectivity index (χ1n) is 12.2. The Kier molecular flexibility index (Phi) is 9.95. The van der Waals surface area contributed by atoms with Gasteiger partial charge in [-0.15, -0.1) is 0 Å². The molecule has 1 aliphatic rings. The average Bonchev–Trinajstić information content (AvgIpc) is 2.89. The Hall–Kier alpha value is -3.55. The van der Waals surface area contributed by atoms with Gasteiger partial charge in [-0.3, -0.25) is 9.59 Å². The number of nitrogens with zero attached hydrogens (tertiary/aromatic N) is 2. The van der Waals surface area contributed by atoms with Crippen LogP contribution in [0.15, 0.2) is 54.6 Å². The van der Waals surface area contributed by atoms with Gasteiger partial charge in [0.1, 0.15) is 5.75 Å². The molecular weight excluding hydrogens is 446 g/mol. The predicted octanol–water partition coefficient (Wildman–Crippen LogP) is 3.96. The summed E-state index contributed by atoms with van der Waals surface area (Å²) >= 11 is 0. The zero-order valence-electron chi connectivity index (χ0n) is 20.6. The van der Waals surface area contributed by atoms with Gasteiger partial charge < -0.3 is 24.6 Å². The molecule has 1 fully saturated rings. The first-order chi connectivity index (χ1) is 17.0. The van der Waals surface area contributed by atoms with Crippen molar-refractivity contribution in [2.45, 2.75) is 32.6 Å². The van der Waals surface area contributed by atoms with Gasteiger partial charge in [-0.2, -0.15) is 0 Å². The summed E-state index contributed by atoms with van der Waals surface area (Å²) in [6, 6.07) is 16.9. The van der Waals surface area contributed by atoms with Gasteiger partial charge in [-0.1, -0.05) is 42.5 Å². The van der Waals surface area contributed by atoms with Crippen molar-refractivity contribution in [1.29, 1.82) is 0 Å². The number of piperidine rings is 1. The third kappa shape index (κ3) is 7.73. The number of urea groups is 1. The van der Waals surface area contributed by atoms with Gasteiger partial charge in [0.2, 0.25) is 5.91 Å². The number of nitrogens with one attached hydrogen (secondary N) is 1. The topological polar surface area (TPSA) is 88.2 Å². The van der Waals surface area contributed by atoms with Crippen molar-refractivity contribution in [1.82, 2.24) is 9.80 Å². The molecule has 0 aromatic heterocycles. The maximum absolute atomic E-state index is 13.2. The molecule has 3 rings (SSSR count). The first kappa shape index (κ1) is 26.1. The van der Waals surface area contributed by atoms with Gasteiger partial charge in [-0.25, -0.2) is 4.79 Å². The highest BCUT2D eigenvalue weighted by atomic mass is 16.5. The fourth-order valence-electron chi connectivity index (χ4n) is 4.18. The van der Waals surface area contributed by atoms with Crippen LogP contribution in [0.2, 0.25) is 0 Å². The number of rotatable bonds is 10. The van der Waals surface area contributed by atoms with E-state index in [1.807, 2.05) is 42.5 Å². The summed E-state index contributed by atoms with van der Waals surface area (Å²) in [5.41, 5.74) is 1.70. The first-order valence-corrected chi connectivity index (χ1v) is 12.2. The van der Waals surface area contributed by atoms with E-state index in [-0.39, 0.29) is 30.2 Å². The Bertz CT molecular complexity index is 974. The molecule has 0 bridgehead atoms. The molecule has 2 aromatic rings. The molecule has 0 spiro atoms. The minimum absolute atomic E-state index is 0.0119. The quantitative estimate of drug-likeness (QED) is 0.519. The molecule has 8 heteroatoms. The second-order valence-corrected chi connectivity index (χ2v) is 8.51. The molecule has 0 atom stereocenters. The van der Waals surface area contributed by atoms with Crippen molar-refractivity contribution in [2.75, 3.05) is 45.2 Å². The van der Waals surface area contributed by atoms with E-state index in [2.05, 4.69) is 5.32 Å². The number of benzene rings is 2. The van der Waals surface area contributed by atoms with E-state index in [1.54, 1.807) is 36.0 Å². The van der Waals surface area contributed by atoms with E-state index in [1.165, 1.54) is 0 Å². The molecule has 188 valence electrons. The smallest absolute Gasteiger partial charge is 0.321 e. The second kappa shape index (κ2) is 13.4. The van der Waals surface area contributed by atoms with Crippen LogP contribution in [0.4, 0.5) is 10.5 Å². The molecule has 0 unspecified atom stereocenters. The van der Waals surface area contributed by atoms with E-state index in [9.17, 15) is 14.4 Å². The van der Waals surface area contributed by atoms with Crippen LogP contribution in [0.1, 0.15) is 31.7 Å². The van der Waals surface area contributed by atoms with E-state index in [0.717, 1.165) is 5.56 Å². The number of hydrogen-bond acceptors (Lipinski definition) is 5. The number of amides is 3. The van der Waals surface area contributed by atoms with Gasteiger partial charge in [-0.05, 0) is 43.9 Å². The van der Waals surface area contributed by atoms with Crippen molar-refractivity contribution >= 4 is 23.6 Å². The Balaban J connectivity index is 1.59. The fraction of sp³-hybridized carbons (Fsp3) is 0.444. The lowest BCUT2D eigenvalue weighted by atomic mass is 9.97. The molecule has 1 saturated heterocycles. The molecular formula is C27H35N3O5. The number of ether oxygens (including phenoxy) is 2. The number of likely N-dealkylation sites (tertiary alicyclic amines) is 1. The minimum atomic E-state index is -0.278. The zero-order valence-corrected chi connectivity index (χ0v) is 20.6. The van der Waals surface area contributed by atoms with Crippen molar-refractivity contribution < 1.29 is 23.9 Å². The summed E-state index contributed by atoms with van der Waals surface area (Å²) in [7, 11) is 1.56. The van der Waals surface area contributed by atoms with E-state index >= 15 is 0 Å². The van der Waals surface area contributed by atoms with Crippen LogP contribution >= 0.6 is 0 Å². The third-order valence-corrected chi connectivity index (χ3v) is 6.21. The Labute approximate surface area is 207 Å². The molecule has 1 aliphatic heterocycles. The van der Waals surface area contributed by atoms with Crippen LogP contribution in [0, 0.1) is 5.92 Å². The molecule has 3 amide bonds.